The van der Waals surface area contributed by atoms with E-state index >= 15 is 0 Å². The zero-order chi connectivity index (χ0) is 23.7. The van der Waals surface area contributed by atoms with Gasteiger partial charge in [0.15, 0.2) is 5.13 Å². The Morgan fingerprint density at radius 2 is 1.91 bits per heavy atom. The lowest BCUT2D eigenvalue weighted by atomic mass is 10.0. The molecule has 1 aliphatic heterocycles. The number of hydrogen-bond donors (Lipinski definition) is 1. The Bertz CT molecular complexity index is 1390. The van der Waals surface area contributed by atoms with Crippen molar-refractivity contribution in [1.29, 1.82) is 0 Å². The van der Waals surface area contributed by atoms with E-state index in [4.69, 9.17) is 0 Å². The first-order valence-corrected chi connectivity index (χ1v) is 14.3. The highest BCUT2D eigenvalue weighted by molar-refractivity contribution is 7.89. The van der Waals surface area contributed by atoms with Crippen molar-refractivity contribution in [2.24, 2.45) is 0 Å². The summed E-state index contributed by atoms with van der Waals surface area (Å²) in [5, 5.41) is 5.94. The van der Waals surface area contributed by atoms with E-state index in [1.807, 2.05) is 36.6 Å². The number of benzene rings is 2. The number of nitrogens with zero attached hydrogens (tertiary/aromatic N) is 3. The van der Waals surface area contributed by atoms with Crippen LogP contribution in [0.4, 0.5) is 5.13 Å². The molecule has 0 radical (unpaired) electrons. The smallest absolute Gasteiger partial charge is 0.257 e. The maximum Gasteiger partial charge on any atom is 0.257 e. The van der Waals surface area contributed by atoms with E-state index in [1.165, 1.54) is 23.5 Å². The number of carbonyl (C=O) groups is 1. The largest absolute Gasteiger partial charge is 0.298 e. The second kappa shape index (κ2) is 9.53. The Morgan fingerprint density at radius 3 is 2.68 bits per heavy atom. The average molecular weight is 513 g/mol. The van der Waals surface area contributed by atoms with E-state index in [2.05, 4.69) is 15.3 Å². The van der Waals surface area contributed by atoms with Gasteiger partial charge in [0.2, 0.25) is 10.0 Å². The summed E-state index contributed by atoms with van der Waals surface area (Å²) in [5.41, 5.74) is 2.02. The van der Waals surface area contributed by atoms with Crippen LogP contribution in [-0.2, 0) is 10.0 Å². The van der Waals surface area contributed by atoms with Crippen molar-refractivity contribution in [1.82, 2.24) is 14.3 Å². The van der Waals surface area contributed by atoms with Gasteiger partial charge in [-0.3, -0.25) is 10.1 Å². The summed E-state index contributed by atoms with van der Waals surface area (Å²) < 4.78 is 29.0. The van der Waals surface area contributed by atoms with Crippen molar-refractivity contribution in [3.63, 3.8) is 0 Å². The van der Waals surface area contributed by atoms with Crippen LogP contribution in [0.1, 0.15) is 43.0 Å². The summed E-state index contributed by atoms with van der Waals surface area (Å²) >= 11 is 2.88. The van der Waals surface area contributed by atoms with E-state index in [-0.39, 0.29) is 16.8 Å². The molecule has 2 aromatic heterocycles. The van der Waals surface area contributed by atoms with Gasteiger partial charge in [-0.1, -0.05) is 25.5 Å². The van der Waals surface area contributed by atoms with Crippen LogP contribution in [-0.4, -0.2) is 41.2 Å². The quantitative estimate of drug-likeness (QED) is 0.362. The third kappa shape index (κ3) is 4.50. The molecule has 34 heavy (non-hydrogen) atoms. The molecule has 1 atom stereocenters. The number of fused-ring (bicyclic) bond motifs is 1. The molecule has 7 nitrogen and oxygen atoms in total. The van der Waals surface area contributed by atoms with Crippen LogP contribution in [0.15, 0.2) is 58.8 Å². The van der Waals surface area contributed by atoms with E-state index in [0.717, 1.165) is 46.6 Å². The van der Waals surface area contributed by atoms with Crippen molar-refractivity contribution in [3.8, 4) is 10.7 Å². The van der Waals surface area contributed by atoms with E-state index in [1.54, 1.807) is 27.8 Å². The number of carbonyl (C=O) groups excluding carboxylic acids is 1. The van der Waals surface area contributed by atoms with Gasteiger partial charge in [0.05, 0.1) is 15.1 Å². The summed E-state index contributed by atoms with van der Waals surface area (Å²) in [7, 11) is -3.58. The molecule has 0 saturated carbocycles. The number of sulfonamides is 1. The molecule has 1 aliphatic rings. The Kier molecular flexibility index (Phi) is 6.48. The van der Waals surface area contributed by atoms with Crippen LogP contribution >= 0.6 is 22.7 Å². The highest BCUT2D eigenvalue weighted by Crippen LogP contribution is 2.32. The lowest BCUT2D eigenvalue weighted by molar-refractivity contribution is 0.102. The van der Waals surface area contributed by atoms with E-state index < -0.39 is 10.0 Å². The number of piperidine rings is 1. The minimum Gasteiger partial charge on any atom is -0.298 e. The highest BCUT2D eigenvalue weighted by Gasteiger charge is 2.32. The summed E-state index contributed by atoms with van der Waals surface area (Å²) in [5.74, 6) is -0.335. The normalized spacial score (nSPS) is 17.1. The number of aromatic nitrogens is 2. The Morgan fingerprint density at radius 1 is 1.12 bits per heavy atom. The molecule has 5 rings (SSSR count). The zero-order valence-electron chi connectivity index (χ0n) is 18.6. The minimum absolute atomic E-state index is 0.0382. The molecule has 176 valence electrons. The third-order valence-electron chi connectivity index (χ3n) is 6.01. The molecule has 3 heterocycles. The van der Waals surface area contributed by atoms with Gasteiger partial charge in [0.25, 0.3) is 5.91 Å². The lowest BCUT2D eigenvalue weighted by Gasteiger charge is -2.34. The minimum atomic E-state index is -3.58. The van der Waals surface area contributed by atoms with Crippen molar-refractivity contribution < 1.29 is 13.2 Å². The van der Waals surface area contributed by atoms with E-state index in [0.29, 0.717) is 17.2 Å². The van der Waals surface area contributed by atoms with Crippen LogP contribution in [0, 0.1) is 0 Å². The Hall–Kier alpha value is -2.66. The molecule has 1 amide bonds. The van der Waals surface area contributed by atoms with Gasteiger partial charge >= 0.3 is 0 Å². The van der Waals surface area contributed by atoms with Crippen LogP contribution in [0.3, 0.4) is 0 Å². The van der Waals surface area contributed by atoms with Crippen molar-refractivity contribution in [3.05, 3.63) is 59.5 Å². The maximum absolute atomic E-state index is 13.1. The first-order chi connectivity index (χ1) is 16.5. The van der Waals surface area contributed by atoms with Crippen LogP contribution in [0.2, 0.25) is 0 Å². The lowest BCUT2D eigenvalue weighted by Crippen LogP contribution is -2.43. The number of nitrogens with one attached hydrogen (secondary N) is 1. The van der Waals surface area contributed by atoms with Crippen LogP contribution < -0.4 is 5.32 Å². The molecule has 0 bridgehead atoms. The highest BCUT2D eigenvalue weighted by atomic mass is 32.2. The fourth-order valence-corrected chi connectivity index (χ4v) is 7.65. The molecule has 0 spiro atoms. The molecule has 1 fully saturated rings. The molecule has 1 saturated heterocycles. The zero-order valence-corrected chi connectivity index (χ0v) is 21.0. The Balaban J connectivity index is 1.29. The molecule has 0 aliphatic carbocycles. The molecular weight excluding hydrogens is 488 g/mol. The van der Waals surface area contributed by atoms with Gasteiger partial charge in [0.1, 0.15) is 10.7 Å². The average Bonchev–Trinajstić information content (AvgIpc) is 3.51. The van der Waals surface area contributed by atoms with Gasteiger partial charge in [-0.2, -0.15) is 4.31 Å². The molecular formula is C24H24N4O3S3. The predicted octanol–water partition coefficient (Wildman–Crippen LogP) is 5.63. The Labute approximate surface area is 206 Å². The summed E-state index contributed by atoms with van der Waals surface area (Å²) in [4.78, 5) is 22.1. The van der Waals surface area contributed by atoms with Crippen molar-refractivity contribution >= 4 is 54.0 Å². The second-order valence-corrected chi connectivity index (χ2v) is 12.0. The number of amides is 1. The second-order valence-electron chi connectivity index (χ2n) is 8.18. The molecule has 10 heteroatoms. The van der Waals surface area contributed by atoms with Gasteiger partial charge < -0.3 is 0 Å². The van der Waals surface area contributed by atoms with Crippen molar-refractivity contribution in [2.45, 2.75) is 43.5 Å². The SMILES string of the molecule is CCC1CCCCN1S(=O)(=O)c1ccc(C(=O)Nc2nc(-c3nc4ccccc4s3)cs2)cc1. The molecule has 1 N–H and O–H groups in total. The summed E-state index contributed by atoms with van der Waals surface area (Å²) in [6.07, 6.45) is 3.62. The van der Waals surface area contributed by atoms with Crippen LogP contribution in [0.5, 0.6) is 0 Å². The monoisotopic (exact) mass is 512 g/mol. The third-order valence-corrected chi connectivity index (χ3v) is 9.79. The number of hydrogen-bond acceptors (Lipinski definition) is 7. The number of anilines is 1. The van der Waals surface area contributed by atoms with Crippen LogP contribution in [0.25, 0.3) is 20.9 Å². The first-order valence-electron chi connectivity index (χ1n) is 11.2. The van der Waals surface area contributed by atoms with E-state index in [9.17, 15) is 13.2 Å². The standard InChI is InChI=1S/C24H24N4O3S3/c1-2-17-7-5-6-14-28(17)34(30,31)18-12-10-16(11-13-18)22(29)27-24-26-20(15-32-24)23-25-19-8-3-4-9-21(19)33-23/h3-4,8-13,15,17H,2,5-7,14H2,1H3,(H,26,27,29). The summed E-state index contributed by atoms with van der Waals surface area (Å²) in [6, 6.07) is 14.1. The number of para-hydroxylation sites is 1. The number of thiazole rings is 2. The molecule has 4 aromatic rings. The summed E-state index contributed by atoms with van der Waals surface area (Å²) in [6.45, 7) is 2.57. The fraction of sp³-hybridized carbons (Fsp3) is 0.292. The molecule has 1 unspecified atom stereocenters. The number of rotatable bonds is 6. The predicted molar refractivity (Wildman–Crippen MR) is 137 cm³/mol. The maximum atomic E-state index is 13.1. The van der Waals surface area contributed by atoms with Crippen molar-refractivity contribution in [2.75, 3.05) is 11.9 Å². The fourth-order valence-electron chi connectivity index (χ4n) is 4.19. The topological polar surface area (TPSA) is 92.3 Å². The van der Waals surface area contributed by atoms with Gasteiger partial charge in [-0.25, -0.2) is 18.4 Å². The van der Waals surface area contributed by atoms with Gasteiger partial charge in [-0.05, 0) is 55.7 Å². The van der Waals surface area contributed by atoms with Gasteiger partial charge in [-0.15, -0.1) is 22.7 Å². The van der Waals surface area contributed by atoms with Gasteiger partial charge in [0, 0.05) is 23.5 Å². The first kappa shape index (κ1) is 23.1. The molecule has 2 aromatic carbocycles.